The summed E-state index contributed by atoms with van der Waals surface area (Å²) in [6, 6.07) is 10.0. The number of nitrogens with zero attached hydrogens (tertiary/aromatic N) is 4. The summed E-state index contributed by atoms with van der Waals surface area (Å²) < 4.78 is 4.28. The lowest BCUT2D eigenvalue weighted by Crippen LogP contribution is -2.05. The fraction of sp³-hybridized carbons (Fsp3) is 0.200. The summed E-state index contributed by atoms with van der Waals surface area (Å²) in [6.07, 6.45) is 5.80. The van der Waals surface area contributed by atoms with Gasteiger partial charge in [0.05, 0.1) is 30.2 Å². The van der Waals surface area contributed by atoms with Gasteiger partial charge in [0.25, 0.3) is 0 Å². The molecule has 3 aromatic rings. The number of fused-ring (bicyclic) bond motifs is 1. The van der Waals surface area contributed by atoms with Crippen LogP contribution in [0.1, 0.15) is 18.2 Å². The Balaban J connectivity index is 2.04. The van der Waals surface area contributed by atoms with Crippen molar-refractivity contribution in [2.75, 3.05) is 0 Å². The van der Waals surface area contributed by atoms with Crippen molar-refractivity contribution in [3.05, 3.63) is 54.2 Å². The molecule has 0 aliphatic rings. The predicted molar refractivity (Wildman–Crippen MR) is 73.7 cm³/mol. The van der Waals surface area contributed by atoms with Gasteiger partial charge < -0.3 is 9.13 Å². The van der Waals surface area contributed by atoms with Crippen LogP contribution in [-0.2, 0) is 13.1 Å². The summed E-state index contributed by atoms with van der Waals surface area (Å²) in [4.78, 5) is 4.18. The molecule has 0 saturated heterocycles. The lowest BCUT2D eigenvalue weighted by molar-refractivity contribution is 0.679. The Morgan fingerprint density at radius 1 is 1.26 bits per heavy atom. The maximum absolute atomic E-state index is 8.99. The van der Waals surface area contributed by atoms with E-state index in [1.165, 1.54) is 5.69 Å². The second kappa shape index (κ2) is 4.62. The predicted octanol–water partition coefficient (Wildman–Crippen LogP) is 2.78. The monoisotopic (exact) mass is 250 g/mol. The highest BCUT2D eigenvalue weighted by molar-refractivity contribution is 5.81. The van der Waals surface area contributed by atoms with Gasteiger partial charge in [-0.2, -0.15) is 5.26 Å². The minimum absolute atomic E-state index is 0.691. The quantitative estimate of drug-likeness (QED) is 0.717. The first kappa shape index (κ1) is 11.5. The molecular weight excluding hydrogens is 236 g/mol. The highest BCUT2D eigenvalue weighted by Gasteiger charge is 2.06. The van der Waals surface area contributed by atoms with Gasteiger partial charge in [-0.3, -0.25) is 0 Å². The van der Waals surface area contributed by atoms with E-state index in [0.717, 1.165) is 24.0 Å². The van der Waals surface area contributed by atoms with Gasteiger partial charge in [-0.25, -0.2) is 4.98 Å². The topological polar surface area (TPSA) is 46.5 Å². The van der Waals surface area contributed by atoms with Gasteiger partial charge in [0.2, 0.25) is 0 Å². The fourth-order valence-electron chi connectivity index (χ4n) is 2.33. The first-order valence-electron chi connectivity index (χ1n) is 6.30. The zero-order valence-corrected chi connectivity index (χ0v) is 10.7. The highest BCUT2D eigenvalue weighted by atomic mass is 15.1. The Kier molecular flexibility index (Phi) is 2.81. The van der Waals surface area contributed by atoms with E-state index in [1.54, 1.807) is 0 Å². The van der Waals surface area contributed by atoms with Crippen molar-refractivity contribution < 1.29 is 0 Å². The summed E-state index contributed by atoms with van der Waals surface area (Å²) in [5, 5.41) is 10.1. The van der Waals surface area contributed by atoms with Crippen molar-refractivity contribution in [2.45, 2.75) is 20.0 Å². The largest absolute Gasteiger partial charge is 0.341 e. The van der Waals surface area contributed by atoms with Crippen LogP contribution in [0.4, 0.5) is 0 Å². The molecule has 94 valence electrons. The van der Waals surface area contributed by atoms with E-state index >= 15 is 0 Å². The average molecular weight is 250 g/mol. The molecule has 0 fully saturated rings. The van der Waals surface area contributed by atoms with Crippen molar-refractivity contribution in [3.63, 3.8) is 0 Å². The molecule has 0 bridgehead atoms. The third kappa shape index (κ3) is 2.00. The SMILES string of the molecule is CCn1cncc1Cn1ccc2ccc(C#N)cc21. The van der Waals surface area contributed by atoms with Crippen LogP contribution in [0.2, 0.25) is 0 Å². The maximum Gasteiger partial charge on any atom is 0.0992 e. The second-order valence-electron chi connectivity index (χ2n) is 4.50. The molecule has 2 heterocycles. The molecule has 19 heavy (non-hydrogen) atoms. The van der Waals surface area contributed by atoms with E-state index in [1.807, 2.05) is 30.7 Å². The molecule has 0 spiro atoms. The van der Waals surface area contributed by atoms with Gasteiger partial charge in [0.15, 0.2) is 0 Å². The molecule has 0 unspecified atom stereocenters. The van der Waals surface area contributed by atoms with Gasteiger partial charge in [0.1, 0.15) is 0 Å². The number of nitriles is 1. The van der Waals surface area contributed by atoms with E-state index in [4.69, 9.17) is 5.26 Å². The minimum Gasteiger partial charge on any atom is -0.341 e. The number of imidazole rings is 1. The van der Waals surface area contributed by atoms with E-state index in [-0.39, 0.29) is 0 Å². The lowest BCUT2D eigenvalue weighted by atomic mass is 10.2. The summed E-state index contributed by atoms with van der Waals surface area (Å²) in [5.41, 5.74) is 2.95. The third-order valence-corrected chi connectivity index (χ3v) is 3.37. The Hall–Kier alpha value is -2.54. The van der Waals surface area contributed by atoms with Gasteiger partial charge in [-0.05, 0) is 30.5 Å². The molecule has 2 aromatic heterocycles. The number of hydrogen-bond donors (Lipinski definition) is 0. The van der Waals surface area contributed by atoms with E-state index in [0.29, 0.717) is 5.56 Å². The van der Waals surface area contributed by atoms with Crippen LogP contribution in [0.3, 0.4) is 0 Å². The van der Waals surface area contributed by atoms with Gasteiger partial charge in [0, 0.05) is 24.5 Å². The number of rotatable bonds is 3. The first-order valence-corrected chi connectivity index (χ1v) is 6.30. The zero-order valence-electron chi connectivity index (χ0n) is 10.7. The second-order valence-corrected chi connectivity index (χ2v) is 4.50. The molecule has 0 amide bonds. The minimum atomic E-state index is 0.691. The van der Waals surface area contributed by atoms with E-state index in [9.17, 15) is 0 Å². The van der Waals surface area contributed by atoms with Crippen molar-refractivity contribution in [1.29, 1.82) is 5.26 Å². The molecule has 4 heteroatoms. The van der Waals surface area contributed by atoms with Crippen molar-refractivity contribution in [3.8, 4) is 6.07 Å². The Bertz CT molecular complexity index is 758. The number of benzene rings is 1. The molecule has 0 aliphatic heterocycles. The zero-order chi connectivity index (χ0) is 13.2. The van der Waals surface area contributed by atoms with E-state index in [2.05, 4.69) is 39.4 Å². The lowest BCUT2D eigenvalue weighted by Gasteiger charge is -2.08. The van der Waals surface area contributed by atoms with Crippen LogP contribution in [0.15, 0.2) is 43.0 Å². The van der Waals surface area contributed by atoms with Gasteiger partial charge in [-0.15, -0.1) is 0 Å². The number of hydrogen-bond acceptors (Lipinski definition) is 2. The van der Waals surface area contributed by atoms with Crippen molar-refractivity contribution in [2.24, 2.45) is 0 Å². The summed E-state index contributed by atoms with van der Waals surface area (Å²) in [7, 11) is 0. The van der Waals surface area contributed by atoms with Crippen LogP contribution in [0.25, 0.3) is 10.9 Å². The van der Waals surface area contributed by atoms with Crippen molar-refractivity contribution >= 4 is 10.9 Å². The fourth-order valence-corrected chi connectivity index (χ4v) is 2.33. The summed E-state index contributed by atoms with van der Waals surface area (Å²) in [6.45, 7) is 3.79. The Morgan fingerprint density at radius 2 is 2.16 bits per heavy atom. The Labute approximate surface area is 111 Å². The van der Waals surface area contributed by atoms with Crippen molar-refractivity contribution in [1.82, 2.24) is 14.1 Å². The molecule has 0 saturated carbocycles. The molecule has 0 radical (unpaired) electrons. The van der Waals surface area contributed by atoms with Gasteiger partial charge in [-0.1, -0.05) is 6.07 Å². The Morgan fingerprint density at radius 3 is 2.95 bits per heavy atom. The van der Waals surface area contributed by atoms with Gasteiger partial charge >= 0.3 is 0 Å². The molecular formula is C15H14N4. The molecule has 0 N–H and O–H groups in total. The molecule has 4 nitrogen and oxygen atoms in total. The van der Waals surface area contributed by atoms with Crippen LogP contribution >= 0.6 is 0 Å². The average Bonchev–Trinajstić information content (AvgIpc) is 3.06. The summed E-state index contributed by atoms with van der Waals surface area (Å²) >= 11 is 0. The summed E-state index contributed by atoms with van der Waals surface area (Å²) in [5.74, 6) is 0. The van der Waals surface area contributed by atoms with Crippen LogP contribution in [-0.4, -0.2) is 14.1 Å². The number of aryl methyl sites for hydroxylation is 1. The molecule has 3 rings (SSSR count). The smallest absolute Gasteiger partial charge is 0.0992 e. The standard InChI is InChI=1S/C15H14N4/c1-2-18-11-17-9-14(18)10-19-6-5-13-4-3-12(8-16)7-15(13)19/h3-7,9,11H,2,10H2,1H3. The highest BCUT2D eigenvalue weighted by Crippen LogP contribution is 2.18. The van der Waals surface area contributed by atoms with E-state index < -0.39 is 0 Å². The third-order valence-electron chi connectivity index (χ3n) is 3.37. The normalized spacial score (nSPS) is 10.7. The van der Waals surface area contributed by atoms with Crippen LogP contribution < -0.4 is 0 Å². The number of aromatic nitrogens is 3. The van der Waals surface area contributed by atoms with Crippen LogP contribution in [0.5, 0.6) is 0 Å². The first-order chi connectivity index (χ1) is 9.31. The molecule has 0 atom stereocenters. The van der Waals surface area contributed by atoms with Crippen LogP contribution in [0, 0.1) is 11.3 Å². The maximum atomic E-state index is 8.99. The molecule has 1 aromatic carbocycles. The molecule has 0 aliphatic carbocycles.